The quantitative estimate of drug-likeness (QED) is 0.332. The lowest BCUT2D eigenvalue weighted by molar-refractivity contribution is -0.139. The Bertz CT molecular complexity index is 1110. The van der Waals surface area contributed by atoms with Crippen LogP contribution in [0.3, 0.4) is 0 Å². The summed E-state index contributed by atoms with van der Waals surface area (Å²) in [5, 5.41) is 2.57. The summed E-state index contributed by atoms with van der Waals surface area (Å²) < 4.78 is 52.4. The molecule has 1 atom stereocenters. The molecule has 5 nitrogen and oxygen atoms in total. The predicted molar refractivity (Wildman–Crippen MR) is 123 cm³/mol. The molecule has 0 radical (unpaired) electrons. The lowest BCUT2D eigenvalue weighted by Gasteiger charge is -2.19. The number of furan rings is 1. The van der Waals surface area contributed by atoms with E-state index in [0.717, 1.165) is 12.5 Å². The molecule has 0 aliphatic heterocycles. The number of benzene rings is 1. The molecule has 0 unspecified atom stereocenters. The van der Waals surface area contributed by atoms with Gasteiger partial charge in [0.05, 0.1) is 12.2 Å². The third-order valence-electron chi connectivity index (χ3n) is 4.81. The van der Waals surface area contributed by atoms with E-state index < -0.39 is 17.6 Å². The molecule has 3 aromatic rings. The molecule has 0 aliphatic rings. The molecule has 1 N–H and O–H groups in total. The number of nitrogens with zero attached hydrogens (tertiary/aromatic N) is 1. The Labute approximate surface area is 198 Å². The number of anilines is 1. The van der Waals surface area contributed by atoms with E-state index in [-0.39, 0.29) is 29.9 Å². The summed E-state index contributed by atoms with van der Waals surface area (Å²) in [4.78, 5) is 16.3. The average Bonchev–Trinajstić information content (AvgIpc) is 3.18. The predicted octanol–water partition coefficient (Wildman–Crippen LogP) is 7.44. The number of carbonyl (C=O) groups is 1. The zero-order chi connectivity index (χ0) is 24.2. The van der Waals surface area contributed by atoms with Gasteiger partial charge in [-0.25, -0.2) is 4.98 Å². The van der Waals surface area contributed by atoms with Crippen LogP contribution in [0.15, 0.2) is 57.7 Å². The summed E-state index contributed by atoms with van der Waals surface area (Å²) in [5.41, 5.74) is -0.0609. The Morgan fingerprint density at radius 2 is 1.85 bits per heavy atom. The van der Waals surface area contributed by atoms with Crippen molar-refractivity contribution in [1.82, 2.24) is 4.98 Å². The Hall–Kier alpha value is -2.81. The van der Waals surface area contributed by atoms with Gasteiger partial charge in [0, 0.05) is 6.20 Å². The van der Waals surface area contributed by atoms with Crippen LogP contribution in [0.1, 0.15) is 43.3 Å². The fourth-order valence-corrected chi connectivity index (χ4v) is 3.76. The normalized spacial score (nSPS) is 12.6. The summed E-state index contributed by atoms with van der Waals surface area (Å²) in [6.45, 7) is 6.28. The Morgan fingerprint density at radius 3 is 2.48 bits per heavy atom. The first-order valence-corrected chi connectivity index (χ1v) is 11.2. The fourth-order valence-electron chi connectivity index (χ4n) is 3.45. The zero-order valence-corrected chi connectivity index (χ0v) is 20.0. The number of alkyl halides is 3. The highest BCUT2D eigenvalue weighted by atomic mass is 79.9. The van der Waals surface area contributed by atoms with Gasteiger partial charge in [0.2, 0.25) is 0 Å². The van der Waals surface area contributed by atoms with Gasteiger partial charge in [-0.3, -0.25) is 4.79 Å². The van der Waals surface area contributed by atoms with Crippen LogP contribution in [0.5, 0.6) is 5.75 Å². The van der Waals surface area contributed by atoms with E-state index in [4.69, 9.17) is 9.15 Å². The second kappa shape index (κ2) is 10.4. The van der Waals surface area contributed by atoms with E-state index in [1.54, 1.807) is 18.2 Å². The van der Waals surface area contributed by atoms with Crippen molar-refractivity contribution < 1.29 is 27.1 Å². The minimum Gasteiger partial charge on any atom is -0.493 e. The van der Waals surface area contributed by atoms with E-state index in [9.17, 15) is 18.0 Å². The van der Waals surface area contributed by atoms with Crippen LogP contribution in [-0.2, 0) is 6.18 Å². The van der Waals surface area contributed by atoms with Crippen molar-refractivity contribution in [3.05, 3.63) is 64.7 Å². The highest BCUT2D eigenvalue weighted by molar-refractivity contribution is 9.10. The maximum absolute atomic E-state index is 13.8. The first-order valence-electron chi connectivity index (χ1n) is 10.4. The van der Waals surface area contributed by atoms with Crippen molar-refractivity contribution in [3.63, 3.8) is 0 Å². The lowest BCUT2D eigenvalue weighted by Crippen LogP contribution is -2.14. The molecular weight excluding hydrogens is 501 g/mol. The third kappa shape index (κ3) is 6.83. The molecular formula is C24H24BrF3N2O3. The Kier molecular flexibility index (Phi) is 7.84. The fraction of sp³-hybridized carbons (Fsp3) is 0.333. The Balaban J connectivity index is 1.82. The average molecular weight is 525 g/mol. The number of carbonyl (C=O) groups excluding carboxylic acids is 1. The number of amides is 1. The number of pyridine rings is 1. The molecule has 3 rings (SSSR count). The molecule has 0 saturated heterocycles. The van der Waals surface area contributed by atoms with Gasteiger partial charge in [0.1, 0.15) is 11.6 Å². The number of hydrogen-bond acceptors (Lipinski definition) is 4. The molecule has 33 heavy (non-hydrogen) atoms. The smallest absolute Gasteiger partial charge is 0.419 e. The minimum atomic E-state index is -4.58. The van der Waals surface area contributed by atoms with Crippen molar-refractivity contribution in [2.24, 2.45) is 11.8 Å². The van der Waals surface area contributed by atoms with Crippen molar-refractivity contribution in [1.29, 1.82) is 0 Å². The number of aromatic nitrogens is 1. The van der Waals surface area contributed by atoms with E-state index >= 15 is 0 Å². The highest BCUT2D eigenvalue weighted by Crippen LogP contribution is 2.39. The molecule has 0 bridgehead atoms. The maximum atomic E-state index is 13.8. The number of ether oxygens (including phenoxy) is 1. The standard InChI is InChI=1S/C24H24BrF3N2O3/c1-14(2)10-15(3)13-32-19-5-4-16(11-18(19)24(26,27)28)17-8-9-29-22(12-17)30-23(31)20-6-7-21(25)33-20/h4-9,11-12,14-15H,10,13H2,1-3H3,(H,29,30,31)/t15-/m1/s1. The van der Waals surface area contributed by atoms with Gasteiger partial charge >= 0.3 is 6.18 Å². The van der Waals surface area contributed by atoms with E-state index in [2.05, 4.69) is 40.1 Å². The van der Waals surface area contributed by atoms with Crippen molar-refractivity contribution in [3.8, 4) is 16.9 Å². The molecule has 2 heterocycles. The number of rotatable bonds is 8. The molecule has 176 valence electrons. The van der Waals surface area contributed by atoms with E-state index in [1.807, 2.05) is 6.92 Å². The molecule has 1 amide bonds. The van der Waals surface area contributed by atoms with Gasteiger partial charge < -0.3 is 14.5 Å². The third-order valence-corrected chi connectivity index (χ3v) is 5.24. The van der Waals surface area contributed by atoms with Crippen LogP contribution in [-0.4, -0.2) is 17.5 Å². The van der Waals surface area contributed by atoms with Crippen LogP contribution < -0.4 is 10.1 Å². The monoisotopic (exact) mass is 524 g/mol. The highest BCUT2D eigenvalue weighted by Gasteiger charge is 2.35. The minimum absolute atomic E-state index is 0.0710. The molecule has 0 saturated carbocycles. The first kappa shape index (κ1) is 24.8. The number of nitrogens with one attached hydrogen (secondary N) is 1. The maximum Gasteiger partial charge on any atom is 0.419 e. The largest absolute Gasteiger partial charge is 0.493 e. The zero-order valence-electron chi connectivity index (χ0n) is 18.4. The molecule has 0 aliphatic carbocycles. The second-order valence-electron chi connectivity index (χ2n) is 8.24. The summed E-state index contributed by atoms with van der Waals surface area (Å²) >= 11 is 3.12. The van der Waals surface area contributed by atoms with Gasteiger partial charge in [-0.1, -0.05) is 26.8 Å². The van der Waals surface area contributed by atoms with Gasteiger partial charge in [-0.15, -0.1) is 0 Å². The molecule has 0 spiro atoms. The molecule has 9 heteroatoms. The summed E-state index contributed by atoms with van der Waals surface area (Å²) in [6.07, 6.45) is -2.31. The van der Waals surface area contributed by atoms with Gasteiger partial charge in [-0.05, 0) is 81.7 Å². The van der Waals surface area contributed by atoms with Crippen LogP contribution in [0.25, 0.3) is 11.1 Å². The number of hydrogen-bond donors (Lipinski definition) is 1. The lowest BCUT2D eigenvalue weighted by atomic mass is 9.99. The van der Waals surface area contributed by atoms with Gasteiger partial charge in [-0.2, -0.15) is 13.2 Å². The van der Waals surface area contributed by atoms with Gasteiger partial charge in [0.25, 0.3) is 5.91 Å². The Morgan fingerprint density at radius 1 is 1.12 bits per heavy atom. The summed E-state index contributed by atoms with van der Waals surface area (Å²) in [6, 6.07) is 10.1. The first-order chi connectivity index (χ1) is 15.5. The van der Waals surface area contributed by atoms with Crippen LogP contribution in [0.2, 0.25) is 0 Å². The van der Waals surface area contributed by atoms with Crippen LogP contribution in [0.4, 0.5) is 19.0 Å². The molecule has 1 aromatic carbocycles. The van der Waals surface area contributed by atoms with Crippen molar-refractivity contribution >= 4 is 27.7 Å². The second-order valence-corrected chi connectivity index (χ2v) is 9.02. The van der Waals surface area contributed by atoms with Gasteiger partial charge in [0.15, 0.2) is 10.4 Å². The molecule has 2 aromatic heterocycles. The summed E-state index contributed by atoms with van der Waals surface area (Å²) in [5.74, 6) is 0.0899. The van der Waals surface area contributed by atoms with E-state index in [1.165, 1.54) is 24.4 Å². The summed E-state index contributed by atoms with van der Waals surface area (Å²) in [7, 11) is 0. The molecule has 0 fully saturated rings. The number of halogens is 4. The van der Waals surface area contributed by atoms with Crippen LogP contribution in [0, 0.1) is 11.8 Å². The van der Waals surface area contributed by atoms with E-state index in [0.29, 0.717) is 21.7 Å². The van der Waals surface area contributed by atoms with Crippen LogP contribution >= 0.6 is 15.9 Å². The topological polar surface area (TPSA) is 64.4 Å². The van der Waals surface area contributed by atoms with Crippen molar-refractivity contribution in [2.45, 2.75) is 33.4 Å². The SMILES string of the molecule is CC(C)C[C@@H](C)COc1ccc(-c2ccnc(NC(=O)c3ccc(Br)o3)c2)cc1C(F)(F)F. The van der Waals surface area contributed by atoms with Crippen molar-refractivity contribution in [2.75, 3.05) is 11.9 Å².